The summed E-state index contributed by atoms with van der Waals surface area (Å²) < 4.78 is 0. The standard InChI is InChI=1S/C30H27ClN2O2/c1-33-15-14-19-16-25(31)28(34)17-24(19)29-22-9-5-11-26(21(22)12-13-27(29)33)32-30(35)23-10-4-7-18-6-2-3-8-20(18)23/h2-11,16-17,27,29,34H,12-15H2,1H3,(H,32,35). The lowest BCUT2D eigenvalue weighted by Gasteiger charge is -2.39. The van der Waals surface area contributed by atoms with Crippen LogP contribution in [-0.4, -0.2) is 35.5 Å². The number of nitrogens with one attached hydrogen (secondary N) is 1. The molecule has 4 aromatic carbocycles. The van der Waals surface area contributed by atoms with Crippen molar-refractivity contribution in [1.82, 2.24) is 4.90 Å². The fourth-order valence-electron chi connectivity index (χ4n) is 6.01. The van der Waals surface area contributed by atoms with Crippen LogP contribution in [0.3, 0.4) is 0 Å². The zero-order valence-electron chi connectivity index (χ0n) is 19.6. The van der Waals surface area contributed by atoms with E-state index < -0.39 is 0 Å². The number of likely N-dealkylation sites (N-methyl/N-ethyl adjacent to an activating group) is 1. The molecule has 4 aromatic rings. The van der Waals surface area contributed by atoms with Crippen molar-refractivity contribution in [3.63, 3.8) is 0 Å². The molecule has 2 aliphatic rings. The van der Waals surface area contributed by atoms with Crippen LogP contribution in [0.2, 0.25) is 5.02 Å². The van der Waals surface area contributed by atoms with E-state index in [1.165, 1.54) is 16.7 Å². The van der Waals surface area contributed by atoms with Gasteiger partial charge in [0.1, 0.15) is 5.75 Å². The van der Waals surface area contributed by atoms with Gasteiger partial charge in [-0.2, -0.15) is 0 Å². The Morgan fingerprint density at radius 2 is 1.80 bits per heavy atom. The maximum absolute atomic E-state index is 13.4. The van der Waals surface area contributed by atoms with Crippen LogP contribution in [0.15, 0.2) is 72.8 Å². The van der Waals surface area contributed by atoms with Crippen LogP contribution in [-0.2, 0) is 12.8 Å². The Hall–Kier alpha value is -3.34. The quantitative estimate of drug-likeness (QED) is 0.348. The molecule has 35 heavy (non-hydrogen) atoms. The number of carbonyl (C=O) groups excluding carboxylic acids is 1. The second kappa shape index (κ2) is 8.71. The van der Waals surface area contributed by atoms with Crippen LogP contribution in [0.1, 0.15) is 45.0 Å². The van der Waals surface area contributed by atoms with Crippen molar-refractivity contribution >= 4 is 34.0 Å². The van der Waals surface area contributed by atoms with Gasteiger partial charge in [0.2, 0.25) is 0 Å². The van der Waals surface area contributed by atoms with Gasteiger partial charge in [0.05, 0.1) is 5.02 Å². The molecule has 6 rings (SSSR count). The highest BCUT2D eigenvalue weighted by Gasteiger charge is 2.37. The van der Waals surface area contributed by atoms with Gasteiger partial charge in [-0.15, -0.1) is 0 Å². The normalized spacial score (nSPS) is 19.4. The maximum atomic E-state index is 13.4. The van der Waals surface area contributed by atoms with Crippen molar-refractivity contribution in [3.05, 3.63) is 106 Å². The third kappa shape index (κ3) is 3.78. The molecule has 4 nitrogen and oxygen atoms in total. The summed E-state index contributed by atoms with van der Waals surface area (Å²) in [7, 11) is 2.18. The van der Waals surface area contributed by atoms with Gasteiger partial charge >= 0.3 is 0 Å². The predicted molar refractivity (Wildman–Crippen MR) is 142 cm³/mol. The highest BCUT2D eigenvalue weighted by atomic mass is 35.5. The average molecular weight is 483 g/mol. The van der Waals surface area contributed by atoms with Gasteiger partial charge < -0.3 is 15.3 Å². The first-order chi connectivity index (χ1) is 17.0. The van der Waals surface area contributed by atoms with Crippen molar-refractivity contribution in [1.29, 1.82) is 0 Å². The monoisotopic (exact) mass is 482 g/mol. The number of rotatable bonds is 2. The molecule has 1 aliphatic carbocycles. The second-order valence-electron chi connectivity index (χ2n) is 9.67. The number of fused-ring (bicyclic) bond motifs is 6. The number of phenolic OH excluding ortho intramolecular Hbond substituents is 1. The fraction of sp³-hybridized carbons (Fsp3) is 0.233. The fourth-order valence-corrected chi connectivity index (χ4v) is 6.20. The van der Waals surface area contributed by atoms with Crippen LogP contribution < -0.4 is 5.32 Å². The molecule has 5 heteroatoms. The number of hydrogen-bond acceptors (Lipinski definition) is 3. The Labute approximate surface area is 210 Å². The molecule has 0 saturated carbocycles. The van der Waals surface area contributed by atoms with Gasteiger partial charge in [-0.25, -0.2) is 0 Å². The maximum Gasteiger partial charge on any atom is 0.256 e. The number of hydrogen-bond donors (Lipinski definition) is 2. The predicted octanol–water partition coefficient (Wildman–Crippen LogP) is 6.39. The molecule has 1 aliphatic heterocycles. The third-order valence-electron chi connectivity index (χ3n) is 7.75. The molecule has 0 fully saturated rings. The average Bonchev–Trinajstić information content (AvgIpc) is 3.01. The zero-order valence-corrected chi connectivity index (χ0v) is 20.3. The Kier molecular flexibility index (Phi) is 5.51. The SMILES string of the molecule is CN1CCc2cc(Cl)c(O)cc2C2c3cccc(NC(=O)c4cccc5ccccc45)c3CCC21. The first kappa shape index (κ1) is 22.1. The molecule has 0 aromatic heterocycles. The first-order valence-corrected chi connectivity index (χ1v) is 12.5. The molecule has 2 unspecified atom stereocenters. The van der Waals surface area contributed by atoms with Gasteiger partial charge in [0, 0.05) is 29.8 Å². The summed E-state index contributed by atoms with van der Waals surface area (Å²) in [5, 5.41) is 16.1. The number of nitrogens with zero attached hydrogens (tertiary/aromatic N) is 1. The summed E-state index contributed by atoms with van der Waals surface area (Å²) in [6, 6.07) is 24.1. The number of anilines is 1. The minimum Gasteiger partial charge on any atom is -0.506 e. The number of amides is 1. The van der Waals surface area contributed by atoms with E-state index in [4.69, 9.17) is 11.6 Å². The van der Waals surface area contributed by atoms with Crippen LogP contribution in [0.4, 0.5) is 5.69 Å². The lowest BCUT2D eigenvalue weighted by molar-refractivity contribution is 0.102. The Morgan fingerprint density at radius 1 is 1.00 bits per heavy atom. The summed E-state index contributed by atoms with van der Waals surface area (Å²) in [5.41, 5.74) is 6.26. The number of benzene rings is 4. The van der Waals surface area contributed by atoms with Gasteiger partial charge in [-0.3, -0.25) is 4.79 Å². The zero-order chi connectivity index (χ0) is 24.1. The van der Waals surface area contributed by atoms with Crippen molar-refractivity contribution in [2.75, 3.05) is 18.9 Å². The summed E-state index contributed by atoms with van der Waals surface area (Å²) >= 11 is 6.28. The molecule has 0 spiro atoms. The van der Waals surface area contributed by atoms with Crippen molar-refractivity contribution in [2.24, 2.45) is 0 Å². The van der Waals surface area contributed by atoms with E-state index in [1.54, 1.807) is 0 Å². The van der Waals surface area contributed by atoms with Gasteiger partial charge in [0.25, 0.3) is 5.91 Å². The molecule has 2 atom stereocenters. The van der Waals surface area contributed by atoms with E-state index >= 15 is 0 Å². The topological polar surface area (TPSA) is 52.6 Å². The highest BCUT2D eigenvalue weighted by Crippen LogP contribution is 2.46. The Bertz CT molecular complexity index is 1460. The molecular formula is C30H27ClN2O2. The first-order valence-electron chi connectivity index (χ1n) is 12.1. The van der Waals surface area contributed by atoms with E-state index in [0.29, 0.717) is 16.6 Å². The van der Waals surface area contributed by atoms with E-state index in [9.17, 15) is 9.90 Å². The molecule has 1 amide bonds. The van der Waals surface area contributed by atoms with Crippen molar-refractivity contribution in [3.8, 4) is 5.75 Å². The molecule has 0 radical (unpaired) electrons. The van der Waals surface area contributed by atoms with E-state index in [0.717, 1.165) is 47.8 Å². The van der Waals surface area contributed by atoms with Crippen LogP contribution in [0, 0.1) is 0 Å². The lowest BCUT2D eigenvalue weighted by atomic mass is 9.74. The van der Waals surface area contributed by atoms with E-state index in [1.807, 2.05) is 66.7 Å². The van der Waals surface area contributed by atoms with Crippen LogP contribution in [0.25, 0.3) is 10.8 Å². The smallest absolute Gasteiger partial charge is 0.256 e. The summed E-state index contributed by atoms with van der Waals surface area (Å²) in [5.74, 6) is 0.139. The molecule has 0 saturated heterocycles. The van der Waals surface area contributed by atoms with E-state index in [2.05, 4.69) is 23.3 Å². The van der Waals surface area contributed by atoms with Gasteiger partial charge in [0.15, 0.2) is 0 Å². The molecule has 1 heterocycles. The number of carbonyl (C=O) groups is 1. The molecule has 2 N–H and O–H groups in total. The summed E-state index contributed by atoms with van der Waals surface area (Å²) in [6.45, 7) is 0.947. The van der Waals surface area contributed by atoms with Crippen LogP contribution >= 0.6 is 11.6 Å². The number of halogens is 1. The van der Waals surface area contributed by atoms with Gasteiger partial charge in [-0.05, 0) is 83.6 Å². The van der Waals surface area contributed by atoms with Gasteiger partial charge in [-0.1, -0.05) is 60.1 Å². The molecule has 0 bridgehead atoms. The second-order valence-corrected chi connectivity index (χ2v) is 10.1. The number of phenols is 1. The minimum absolute atomic E-state index is 0.0971. The third-order valence-corrected chi connectivity index (χ3v) is 8.05. The highest BCUT2D eigenvalue weighted by molar-refractivity contribution is 6.32. The van der Waals surface area contributed by atoms with Crippen molar-refractivity contribution < 1.29 is 9.90 Å². The van der Waals surface area contributed by atoms with Crippen molar-refractivity contribution in [2.45, 2.75) is 31.2 Å². The number of aromatic hydroxyl groups is 1. The van der Waals surface area contributed by atoms with Crippen LogP contribution in [0.5, 0.6) is 5.75 Å². The summed E-state index contributed by atoms with van der Waals surface area (Å²) in [4.78, 5) is 15.8. The Morgan fingerprint density at radius 3 is 2.69 bits per heavy atom. The lowest BCUT2D eigenvalue weighted by Crippen LogP contribution is -2.39. The molecule has 176 valence electrons. The molecular weight excluding hydrogens is 456 g/mol. The summed E-state index contributed by atoms with van der Waals surface area (Å²) in [6.07, 6.45) is 2.77. The largest absolute Gasteiger partial charge is 0.506 e. The minimum atomic E-state index is -0.0971. The Balaban J connectivity index is 1.42. The van der Waals surface area contributed by atoms with E-state index in [-0.39, 0.29) is 17.6 Å².